The normalized spacial score (nSPS) is 18.2. The van der Waals surface area contributed by atoms with Crippen LogP contribution in [-0.4, -0.2) is 25.0 Å². The zero-order chi connectivity index (χ0) is 13.1. The molecule has 0 aromatic heterocycles. The minimum Gasteiger partial charge on any atom is -0.348 e. The molecule has 1 saturated carbocycles. The molecule has 0 aliphatic heterocycles. The number of amides is 1. The van der Waals surface area contributed by atoms with Crippen molar-refractivity contribution < 1.29 is 9.69 Å². The van der Waals surface area contributed by atoms with Crippen LogP contribution in [-0.2, 0) is 11.3 Å². The van der Waals surface area contributed by atoms with Crippen LogP contribution in [0.25, 0.3) is 0 Å². The highest BCUT2D eigenvalue weighted by Gasteiger charge is 2.29. The van der Waals surface area contributed by atoms with Gasteiger partial charge in [-0.3, -0.25) is 4.79 Å². The van der Waals surface area contributed by atoms with Crippen LogP contribution < -0.4 is 10.2 Å². The first-order chi connectivity index (χ1) is 8.56. The van der Waals surface area contributed by atoms with Gasteiger partial charge in [0.2, 0.25) is 0 Å². The molecule has 0 radical (unpaired) electrons. The van der Waals surface area contributed by atoms with Gasteiger partial charge in [-0.25, -0.2) is 0 Å². The number of hydrogen-bond acceptors (Lipinski definition) is 1. The van der Waals surface area contributed by atoms with Gasteiger partial charge in [0.1, 0.15) is 6.54 Å². The van der Waals surface area contributed by atoms with E-state index in [2.05, 4.69) is 5.32 Å². The zero-order valence-corrected chi connectivity index (χ0v) is 11.6. The van der Waals surface area contributed by atoms with Gasteiger partial charge in [0.25, 0.3) is 5.91 Å². The minimum atomic E-state index is -0.0266. The number of hydrogen-bond donors (Lipinski definition) is 2. The Kier molecular flexibility index (Phi) is 4.25. The summed E-state index contributed by atoms with van der Waals surface area (Å²) in [5, 5.41) is 3.79. The van der Waals surface area contributed by atoms with Crippen molar-refractivity contribution in [2.24, 2.45) is 0 Å². The standard InChI is InChI=1S/C14H19ClN2O/c1-10(14(18)16-13-7-8-13)17(2)9-11-3-5-12(15)6-4-11/h3-6,10,13H,7-9H2,1-2H3,(H,16,18)/p+1/t10-/m0/s1. The number of benzene rings is 1. The molecule has 98 valence electrons. The summed E-state index contributed by atoms with van der Waals surface area (Å²) in [7, 11) is 2.05. The quantitative estimate of drug-likeness (QED) is 0.821. The Morgan fingerprint density at radius 3 is 2.61 bits per heavy atom. The van der Waals surface area contributed by atoms with E-state index in [1.165, 1.54) is 10.5 Å². The smallest absolute Gasteiger partial charge is 0.278 e. The zero-order valence-electron chi connectivity index (χ0n) is 10.9. The topological polar surface area (TPSA) is 33.5 Å². The first kappa shape index (κ1) is 13.4. The minimum absolute atomic E-state index is 0.0266. The molecule has 2 atom stereocenters. The van der Waals surface area contributed by atoms with Gasteiger partial charge in [-0.15, -0.1) is 0 Å². The van der Waals surface area contributed by atoms with Crippen molar-refractivity contribution >= 4 is 17.5 Å². The Morgan fingerprint density at radius 2 is 2.06 bits per heavy atom. The molecule has 4 heteroatoms. The first-order valence-corrected chi connectivity index (χ1v) is 6.81. The largest absolute Gasteiger partial charge is 0.348 e. The molecule has 2 rings (SSSR count). The van der Waals surface area contributed by atoms with Crippen LogP contribution >= 0.6 is 11.6 Å². The summed E-state index contributed by atoms with van der Waals surface area (Å²) in [4.78, 5) is 13.1. The Bertz CT molecular complexity index is 414. The van der Waals surface area contributed by atoms with E-state index in [0.29, 0.717) is 6.04 Å². The first-order valence-electron chi connectivity index (χ1n) is 6.43. The van der Waals surface area contributed by atoms with E-state index in [1.807, 2.05) is 38.2 Å². The molecule has 3 nitrogen and oxygen atoms in total. The number of likely N-dealkylation sites (N-methyl/N-ethyl adjacent to an activating group) is 1. The Hall–Kier alpha value is -1.06. The number of carbonyl (C=O) groups is 1. The molecule has 18 heavy (non-hydrogen) atoms. The highest BCUT2D eigenvalue weighted by molar-refractivity contribution is 6.30. The van der Waals surface area contributed by atoms with Gasteiger partial charge < -0.3 is 10.2 Å². The lowest BCUT2D eigenvalue weighted by Gasteiger charge is -2.21. The van der Waals surface area contributed by atoms with Crippen LogP contribution in [0.4, 0.5) is 0 Å². The molecule has 1 aromatic rings. The van der Waals surface area contributed by atoms with Gasteiger partial charge >= 0.3 is 0 Å². The molecular weight excluding hydrogens is 248 g/mol. The third kappa shape index (κ3) is 3.72. The van der Waals surface area contributed by atoms with Gasteiger partial charge in [-0.05, 0) is 31.9 Å². The summed E-state index contributed by atoms with van der Waals surface area (Å²) in [5.74, 6) is 0.156. The molecule has 0 saturated heterocycles. The van der Waals surface area contributed by atoms with Crippen LogP contribution in [0.15, 0.2) is 24.3 Å². The van der Waals surface area contributed by atoms with Crippen LogP contribution in [0.2, 0.25) is 5.02 Å². The van der Waals surface area contributed by atoms with E-state index in [0.717, 1.165) is 24.4 Å². The van der Waals surface area contributed by atoms with Crippen molar-refractivity contribution in [3.8, 4) is 0 Å². The fourth-order valence-electron chi connectivity index (χ4n) is 1.85. The van der Waals surface area contributed by atoms with Crippen molar-refractivity contribution in [1.82, 2.24) is 5.32 Å². The average Bonchev–Trinajstić information content (AvgIpc) is 3.15. The van der Waals surface area contributed by atoms with Crippen LogP contribution in [0.1, 0.15) is 25.3 Å². The predicted molar refractivity (Wildman–Crippen MR) is 72.7 cm³/mol. The van der Waals surface area contributed by atoms with Crippen molar-refractivity contribution in [2.75, 3.05) is 7.05 Å². The molecule has 1 aliphatic carbocycles. The summed E-state index contributed by atoms with van der Waals surface area (Å²) >= 11 is 5.85. The SMILES string of the molecule is C[C@@H](C(=O)NC1CC1)[NH+](C)Cc1ccc(Cl)cc1. The molecular formula is C14H20ClN2O+. The van der Waals surface area contributed by atoms with Gasteiger partial charge in [0, 0.05) is 16.6 Å². The molecule has 0 spiro atoms. The van der Waals surface area contributed by atoms with Gasteiger partial charge in [0.15, 0.2) is 6.04 Å². The second kappa shape index (κ2) is 5.72. The summed E-state index contributed by atoms with van der Waals surface area (Å²) in [5.41, 5.74) is 1.20. The Balaban J connectivity index is 1.87. The molecule has 1 amide bonds. The molecule has 2 N–H and O–H groups in total. The van der Waals surface area contributed by atoms with Crippen LogP contribution in [0, 0.1) is 0 Å². The lowest BCUT2D eigenvalue weighted by atomic mass is 10.2. The third-order valence-corrected chi connectivity index (χ3v) is 3.70. The average molecular weight is 268 g/mol. The molecule has 0 bridgehead atoms. The van der Waals surface area contributed by atoms with Crippen LogP contribution in [0.5, 0.6) is 0 Å². The monoisotopic (exact) mass is 267 g/mol. The van der Waals surface area contributed by atoms with Crippen molar-refractivity contribution in [3.63, 3.8) is 0 Å². The summed E-state index contributed by atoms with van der Waals surface area (Å²) < 4.78 is 0. The van der Waals surface area contributed by atoms with Gasteiger partial charge in [-0.2, -0.15) is 0 Å². The number of halogens is 1. The lowest BCUT2D eigenvalue weighted by Crippen LogP contribution is -3.12. The number of quaternary nitrogens is 1. The van der Waals surface area contributed by atoms with Gasteiger partial charge in [0.05, 0.1) is 7.05 Å². The maximum absolute atomic E-state index is 11.9. The second-order valence-corrected chi connectivity index (χ2v) is 5.59. The molecule has 0 heterocycles. The molecule has 1 aliphatic rings. The molecule has 1 fully saturated rings. The number of rotatable bonds is 5. The predicted octanol–water partition coefficient (Wildman–Crippen LogP) is 1.02. The van der Waals surface area contributed by atoms with Crippen molar-refractivity contribution in [1.29, 1.82) is 0 Å². The lowest BCUT2D eigenvalue weighted by molar-refractivity contribution is -0.908. The number of carbonyl (C=O) groups excluding carboxylic acids is 1. The van der Waals surface area contributed by atoms with E-state index in [1.54, 1.807) is 0 Å². The Morgan fingerprint density at radius 1 is 1.44 bits per heavy atom. The summed E-state index contributed by atoms with van der Waals surface area (Å²) in [6.07, 6.45) is 2.27. The summed E-state index contributed by atoms with van der Waals surface area (Å²) in [6, 6.07) is 8.21. The van der Waals surface area contributed by atoms with E-state index in [9.17, 15) is 4.79 Å². The molecule has 1 aromatic carbocycles. The maximum atomic E-state index is 11.9. The maximum Gasteiger partial charge on any atom is 0.278 e. The fraction of sp³-hybridized carbons (Fsp3) is 0.500. The third-order valence-electron chi connectivity index (χ3n) is 3.45. The van der Waals surface area contributed by atoms with Crippen molar-refractivity contribution in [3.05, 3.63) is 34.9 Å². The highest BCUT2D eigenvalue weighted by atomic mass is 35.5. The molecule has 1 unspecified atom stereocenters. The van der Waals surface area contributed by atoms with Crippen LogP contribution in [0.3, 0.4) is 0 Å². The fourth-order valence-corrected chi connectivity index (χ4v) is 1.98. The second-order valence-electron chi connectivity index (χ2n) is 5.15. The summed E-state index contributed by atoms with van der Waals surface area (Å²) in [6.45, 7) is 2.80. The van der Waals surface area contributed by atoms with E-state index in [-0.39, 0.29) is 11.9 Å². The van der Waals surface area contributed by atoms with E-state index in [4.69, 9.17) is 11.6 Å². The van der Waals surface area contributed by atoms with Crippen molar-refractivity contribution in [2.45, 2.75) is 38.4 Å². The van der Waals surface area contributed by atoms with E-state index < -0.39 is 0 Å². The highest BCUT2D eigenvalue weighted by Crippen LogP contribution is 2.18. The van der Waals surface area contributed by atoms with Gasteiger partial charge in [-0.1, -0.05) is 23.7 Å². The van der Waals surface area contributed by atoms with E-state index >= 15 is 0 Å². The number of nitrogens with one attached hydrogen (secondary N) is 2. The Labute approximate surface area is 113 Å².